The van der Waals surface area contributed by atoms with Gasteiger partial charge in [0.1, 0.15) is 23.9 Å². The summed E-state index contributed by atoms with van der Waals surface area (Å²) < 4.78 is 35.7. The van der Waals surface area contributed by atoms with E-state index in [1.54, 1.807) is 24.3 Å². The zero-order valence-electron chi connectivity index (χ0n) is 15.9. The van der Waals surface area contributed by atoms with Crippen LogP contribution in [0.1, 0.15) is 22.7 Å². The topological polar surface area (TPSA) is 83.8 Å². The summed E-state index contributed by atoms with van der Waals surface area (Å²) in [4.78, 5) is 24.0. The number of carbonyl (C=O) groups is 1. The number of aromatic nitrogens is 1. The molecule has 0 saturated carbocycles. The number of para-hydroxylation sites is 2. The summed E-state index contributed by atoms with van der Waals surface area (Å²) in [7, 11) is 0. The van der Waals surface area contributed by atoms with Crippen LogP contribution in [0.4, 0.5) is 4.39 Å². The minimum absolute atomic E-state index is 0.0543. The van der Waals surface area contributed by atoms with Crippen LogP contribution in [-0.2, 0) is 17.9 Å². The van der Waals surface area contributed by atoms with Crippen LogP contribution in [-0.4, -0.2) is 17.1 Å². The Bertz CT molecular complexity index is 1200. The zero-order chi connectivity index (χ0) is 20.9. The fourth-order valence-corrected chi connectivity index (χ4v) is 2.93. The lowest BCUT2D eigenvalue weighted by molar-refractivity contribution is 0.0455. The molecule has 4 aromatic rings. The maximum Gasteiger partial charge on any atom is 0.419 e. The van der Waals surface area contributed by atoms with E-state index in [0.29, 0.717) is 35.6 Å². The number of ether oxygens (including phenoxy) is 2. The second kappa shape index (κ2) is 8.69. The van der Waals surface area contributed by atoms with Gasteiger partial charge in [-0.25, -0.2) is 14.0 Å². The van der Waals surface area contributed by atoms with Crippen molar-refractivity contribution in [1.29, 1.82) is 0 Å². The summed E-state index contributed by atoms with van der Waals surface area (Å²) in [5.74, 6) is -0.428. The van der Waals surface area contributed by atoms with Crippen molar-refractivity contribution in [2.75, 3.05) is 6.61 Å². The molecule has 154 valence electrons. The molecule has 0 unspecified atom stereocenters. The molecule has 2 aromatic heterocycles. The first kappa shape index (κ1) is 19.5. The monoisotopic (exact) mass is 411 g/mol. The zero-order valence-corrected chi connectivity index (χ0v) is 15.9. The molecule has 8 heteroatoms. The lowest BCUT2D eigenvalue weighted by Crippen LogP contribution is -2.16. The van der Waals surface area contributed by atoms with Crippen molar-refractivity contribution in [3.05, 3.63) is 88.6 Å². The van der Waals surface area contributed by atoms with Crippen LogP contribution >= 0.6 is 0 Å². The predicted molar refractivity (Wildman–Crippen MR) is 105 cm³/mol. The van der Waals surface area contributed by atoms with Crippen LogP contribution < -0.4 is 10.5 Å². The fourth-order valence-electron chi connectivity index (χ4n) is 2.93. The number of hydrogen-bond donors (Lipinski definition) is 0. The molecule has 0 amide bonds. The number of hydrogen-bond acceptors (Lipinski definition) is 6. The van der Waals surface area contributed by atoms with Crippen molar-refractivity contribution in [1.82, 2.24) is 4.57 Å². The van der Waals surface area contributed by atoms with Gasteiger partial charge in [0.15, 0.2) is 5.58 Å². The van der Waals surface area contributed by atoms with Gasteiger partial charge in [-0.1, -0.05) is 12.1 Å². The first-order chi connectivity index (χ1) is 14.6. The molecule has 2 heterocycles. The summed E-state index contributed by atoms with van der Waals surface area (Å²) in [5.41, 5.74) is 1.22. The molecule has 2 aromatic carbocycles. The minimum atomic E-state index is -0.604. The van der Waals surface area contributed by atoms with Crippen LogP contribution in [0.15, 0.2) is 74.3 Å². The smallest absolute Gasteiger partial charge is 0.419 e. The third-order valence-electron chi connectivity index (χ3n) is 4.39. The third kappa shape index (κ3) is 4.43. The lowest BCUT2D eigenvalue weighted by atomic mass is 10.3. The van der Waals surface area contributed by atoms with Gasteiger partial charge in [-0.2, -0.15) is 0 Å². The number of benzene rings is 2. The number of fused-ring (bicyclic) bond motifs is 1. The molecule has 7 nitrogen and oxygen atoms in total. The Labute approximate surface area is 170 Å². The largest absolute Gasteiger partial charge is 0.486 e. The highest BCUT2D eigenvalue weighted by atomic mass is 19.1. The Balaban J connectivity index is 1.26. The van der Waals surface area contributed by atoms with Crippen molar-refractivity contribution in [2.24, 2.45) is 0 Å². The molecule has 0 saturated heterocycles. The van der Waals surface area contributed by atoms with Gasteiger partial charge in [-0.05, 0) is 55.0 Å². The Morgan fingerprint density at radius 3 is 2.63 bits per heavy atom. The summed E-state index contributed by atoms with van der Waals surface area (Å²) >= 11 is 0. The van der Waals surface area contributed by atoms with Crippen molar-refractivity contribution < 1.29 is 27.5 Å². The molecule has 0 aliphatic heterocycles. The van der Waals surface area contributed by atoms with E-state index >= 15 is 0 Å². The number of aryl methyl sites for hydroxylation is 1. The van der Waals surface area contributed by atoms with Crippen LogP contribution in [0.5, 0.6) is 5.75 Å². The average molecular weight is 411 g/mol. The number of halogens is 1. The van der Waals surface area contributed by atoms with Gasteiger partial charge in [0.25, 0.3) is 0 Å². The van der Waals surface area contributed by atoms with Gasteiger partial charge in [0.05, 0.1) is 12.1 Å². The van der Waals surface area contributed by atoms with Crippen molar-refractivity contribution in [3.63, 3.8) is 0 Å². The highest BCUT2D eigenvalue weighted by Gasteiger charge is 2.14. The fraction of sp³-hybridized carbons (Fsp3) is 0.182. The Morgan fingerprint density at radius 2 is 1.80 bits per heavy atom. The molecule has 30 heavy (non-hydrogen) atoms. The summed E-state index contributed by atoms with van der Waals surface area (Å²) in [6, 6.07) is 15.8. The maximum absolute atomic E-state index is 12.9. The molecule has 0 aliphatic carbocycles. The number of oxazole rings is 1. The van der Waals surface area contributed by atoms with Crippen LogP contribution in [0.25, 0.3) is 11.1 Å². The van der Waals surface area contributed by atoms with Crippen molar-refractivity contribution >= 4 is 17.1 Å². The minimum Gasteiger partial charge on any atom is -0.486 e. The van der Waals surface area contributed by atoms with E-state index in [1.807, 2.05) is 6.07 Å². The van der Waals surface area contributed by atoms with Crippen molar-refractivity contribution in [3.8, 4) is 5.75 Å². The standard InChI is InChI=1S/C22H18FNO6/c23-15-6-8-16(9-7-15)28-14-17-10-11-20(29-17)21(25)27-13-3-12-24-18-4-1-2-5-19(18)30-22(24)26/h1-2,4-11H,3,12-14H2. The summed E-state index contributed by atoms with van der Waals surface area (Å²) in [6.07, 6.45) is 0.441. The van der Waals surface area contributed by atoms with Gasteiger partial charge in [-0.3, -0.25) is 4.57 Å². The first-order valence-corrected chi connectivity index (χ1v) is 9.33. The third-order valence-corrected chi connectivity index (χ3v) is 4.39. The normalized spacial score (nSPS) is 11.0. The van der Waals surface area contributed by atoms with Crippen LogP contribution in [0.2, 0.25) is 0 Å². The molecule has 0 N–H and O–H groups in total. The van der Waals surface area contributed by atoms with E-state index in [2.05, 4.69) is 0 Å². The van der Waals surface area contributed by atoms with Gasteiger partial charge in [0, 0.05) is 6.54 Å². The van der Waals surface area contributed by atoms with Gasteiger partial charge in [-0.15, -0.1) is 0 Å². The van der Waals surface area contributed by atoms with Gasteiger partial charge < -0.3 is 18.3 Å². The van der Waals surface area contributed by atoms with E-state index in [9.17, 15) is 14.0 Å². The summed E-state index contributed by atoms with van der Waals surface area (Å²) in [6.45, 7) is 0.570. The SMILES string of the molecule is O=C(OCCCn1c(=O)oc2ccccc21)c1ccc(COc2ccc(F)cc2)o1. The Morgan fingerprint density at radius 1 is 1.00 bits per heavy atom. The van der Waals surface area contributed by atoms with Crippen molar-refractivity contribution in [2.45, 2.75) is 19.6 Å². The summed E-state index contributed by atoms with van der Waals surface area (Å²) in [5, 5.41) is 0. The highest BCUT2D eigenvalue weighted by molar-refractivity contribution is 5.86. The molecular weight excluding hydrogens is 393 g/mol. The van der Waals surface area contributed by atoms with E-state index in [1.165, 1.54) is 34.9 Å². The highest BCUT2D eigenvalue weighted by Crippen LogP contribution is 2.16. The molecule has 0 fully saturated rings. The van der Waals surface area contributed by atoms with Gasteiger partial charge >= 0.3 is 11.7 Å². The van der Waals surface area contributed by atoms with Crippen LogP contribution in [0, 0.1) is 5.82 Å². The van der Waals surface area contributed by atoms with E-state index < -0.39 is 11.7 Å². The molecule has 0 radical (unpaired) electrons. The number of rotatable bonds is 8. The Kier molecular flexibility index (Phi) is 5.65. The predicted octanol–water partition coefficient (Wildman–Crippen LogP) is 4.15. The van der Waals surface area contributed by atoms with E-state index in [0.717, 1.165) is 0 Å². The number of carbonyl (C=O) groups excluding carboxylic acids is 1. The maximum atomic E-state index is 12.9. The number of nitrogens with zero attached hydrogens (tertiary/aromatic N) is 1. The molecular formula is C22H18FNO6. The Hall–Kier alpha value is -3.81. The number of furan rings is 1. The van der Waals surface area contributed by atoms with Gasteiger partial charge in [0.2, 0.25) is 5.76 Å². The molecule has 0 atom stereocenters. The average Bonchev–Trinajstić information content (AvgIpc) is 3.35. The molecule has 4 rings (SSSR count). The van der Waals surface area contributed by atoms with E-state index in [4.69, 9.17) is 18.3 Å². The van der Waals surface area contributed by atoms with Crippen LogP contribution in [0.3, 0.4) is 0 Å². The number of esters is 1. The van der Waals surface area contributed by atoms with E-state index in [-0.39, 0.29) is 24.8 Å². The second-order valence-electron chi connectivity index (χ2n) is 6.49. The second-order valence-corrected chi connectivity index (χ2v) is 6.49. The molecule has 0 spiro atoms. The quantitative estimate of drug-likeness (QED) is 0.320. The lowest BCUT2D eigenvalue weighted by Gasteiger charge is -2.05. The molecule has 0 aliphatic rings. The molecule has 0 bridgehead atoms. The first-order valence-electron chi connectivity index (χ1n) is 9.33.